The summed E-state index contributed by atoms with van der Waals surface area (Å²) >= 11 is 0. The zero-order valence-electron chi connectivity index (χ0n) is 8.36. The van der Waals surface area contributed by atoms with Crippen LogP contribution in [0.3, 0.4) is 0 Å². The molecule has 2 nitrogen and oxygen atoms in total. The predicted molar refractivity (Wildman–Crippen MR) is 57.5 cm³/mol. The lowest BCUT2D eigenvalue weighted by Gasteiger charge is -2.10. The van der Waals surface area contributed by atoms with Gasteiger partial charge >= 0.3 is 0 Å². The van der Waals surface area contributed by atoms with Crippen LogP contribution in [0.15, 0.2) is 36.4 Å². The van der Waals surface area contributed by atoms with Crippen molar-refractivity contribution in [2.45, 2.75) is 13.0 Å². The van der Waals surface area contributed by atoms with Crippen molar-refractivity contribution in [3.63, 3.8) is 0 Å². The molecule has 1 N–H and O–H groups in total. The van der Waals surface area contributed by atoms with E-state index in [0.717, 1.165) is 18.9 Å². The van der Waals surface area contributed by atoms with Gasteiger partial charge in [0.15, 0.2) is 0 Å². The van der Waals surface area contributed by atoms with Gasteiger partial charge in [-0.3, -0.25) is 0 Å². The molecule has 1 atom stereocenters. The molecule has 0 saturated carbocycles. The summed E-state index contributed by atoms with van der Waals surface area (Å²) in [6, 6.07) is 8.64. The first-order valence-electron chi connectivity index (χ1n) is 5.03. The molecule has 1 aromatic rings. The summed E-state index contributed by atoms with van der Waals surface area (Å²) in [7, 11) is 0. The van der Waals surface area contributed by atoms with Crippen LogP contribution in [0.4, 0.5) is 0 Å². The van der Waals surface area contributed by atoms with Crippen LogP contribution in [-0.2, 0) is 0 Å². The number of nitrogens with one attached hydrogen (secondary N) is 1. The van der Waals surface area contributed by atoms with Gasteiger partial charge in [0, 0.05) is 6.54 Å². The first-order chi connectivity index (χ1) is 6.90. The molecule has 1 aromatic carbocycles. The maximum atomic E-state index is 5.39. The zero-order chi connectivity index (χ0) is 9.80. The second-order valence-corrected chi connectivity index (χ2v) is 3.32. The summed E-state index contributed by atoms with van der Waals surface area (Å²) in [5.74, 6) is 0.943. The molecule has 2 rings (SSSR count). The molecule has 0 aromatic heterocycles. The topological polar surface area (TPSA) is 21.3 Å². The van der Waals surface area contributed by atoms with Crippen LogP contribution in [0, 0.1) is 0 Å². The van der Waals surface area contributed by atoms with E-state index in [1.807, 2.05) is 19.1 Å². The molecule has 1 unspecified atom stereocenters. The van der Waals surface area contributed by atoms with Crippen molar-refractivity contribution in [2.75, 3.05) is 13.2 Å². The van der Waals surface area contributed by atoms with Gasteiger partial charge in [-0.2, -0.15) is 0 Å². The van der Waals surface area contributed by atoms with E-state index >= 15 is 0 Å². The fraction of sp³-hybridized carbons (Fsp3) is 0.333. The molecule has 0 aliphatic carbocycles. The maximum absolute atomic E-state index is 5.39. The van der Waals surface area contributed by atoms with E-state index in [4.69, 9.17) is 4.74 Å². The molecular formula is C12H15NO. The molecule has 0 spiro atoms. The Morgan fingerprint density at radius 1 is 1.36 bits per heavy atom. The number of hydrogen-bond donors (Lipinski definition) is 1. The Labute approximate surface area is 84.6 Å². The van der Waals surface area contributed by atoms with E-state index in [-0.39, 0.29) is 0 Å². The van der Waals surface area contributed by atoms with Crippen molar-refractivity contribution in [2.24, 2.45) is 0 Å². The minimum Gasteiger partial charge on any atom is -0.494 e. The summed E-state index contributed by atoms with van der Waals surface area (Å²) in [5.41, 5.74) is 1.29. The standard InChI is InChI=1S/C12H15NO/c1-2-14-11-7-5-10(6-8-11)12-4-3-9-13-12/h3-8,12-13H,2,9H2,1H3. The molecule has 0 radical (unpaired) electrons. The average Bonchev–Trinajstić information content (AvgIpc) is 2.72. The van der Waals surface area contributed by atoms with Gasteiger partial charge in [-0.05, 0) is 24.6 Å². The van der Waals surface area contributed by atoms with Gasteiger partial charge in [-0.1, -0.05) is 24.3 Å². The monoisotopic (exact) mass is 189 g/mol. The lowest BCUT2D eigenvalue weighted by Crippen LogP contribution is -2.13. The highest BCUT2D eigenvalue weighted by molar-refractivity contribution is 5.32. The number of benzene rings is 1. The smallest absolute Gasteiger partial charge is 0.119 e. The Hall–Kier alpha value is -1.28. The van der Waals surface area contributed by atoms with Crippen molar-refractivity contribution < 1.29 is 4.74 Å². The fourth-order valence-electron chi connectivity index (χ4n) is 1.63. The van der Waals surface area contributed by atoms with E-state index < -0.39 is 0 Å². The van der Waals surface area contributed by atoms with Crippen molar-refractivity contribution in [3.05, 3.63) is 42.0 Å². The lowest BCUT2D eigenvalue weighted by molar-refractivity contribution is 0.340. The third kappa shape index (κ3) is 1.96. The second kappa shape index (κ2) is 4.29. The third-order valence-corrected chi connectivity index (χ3v) is 2.33. The van der Waals surface area contributed by atoms with Gasteiger partial charge in [0.25, 0.3) is 0 Å². The van der Waals surface area contributed by atoms with Crippen molar-refractivity contribution >= 4 is 0 Å². The molecule has 0 bridgehead atoms. The maximum Gasteiger partial charge on any atom is 0.119 e. The van der Waals surface area contributed by atoms with Gasteiger partial charge < -0.3 is 10.1 Å². The highest BCUT2D eigenvalue weighted by Crippen LogP contribution is 2.20. The van der Waals surface area contributed by atoms with Crippen molar-refractivity contribution in [1.29, 1.82) is 0 Å². The molecule has 0 saturated heterocycles. The number of rotatable bonds is 3. The summed E-state index contributed by atoms with van der Waals surface area (Å²) < 4.78 is 5.39. The Morgan fingerprint density at radius 3 is 2.71 bits per heavy atom. The number of hydrogen-bond acceptors (Lipinski definition) is 2. The predicted octanol–water partition coefficient (Wildman–Crippen LogP) is 2.29. The summed E-state index contributed by atoms with van der Waals surface area (Å²) in [6.07, 6.45) is 4.34. The van der Waals surface area contributed by atoms with E-state index in [1.165, 1.54) is 5.56 Å². The first kappa shape index (κ1) is 9.28. The Balaban J connectivity index is 2.09. The molecule has 0 amide bonds. The van der Waals surface area contributed by atoms with Crippen LogP contribution < -0.4 is 10.1 Å². The quantitative estimate of drug-likeness (QED) is 0.736. The highest BCUT2D eigenvalue weighted by atomic mass is 16.5. The van der Waals surface area contributed by atoms with Crippen molar-refractivity contribution in [1.82, 2.24) is 5.32 Å². The van der Waals surface area contributed by atoms with E-state index in [2.05, 4.69) is 29.6 Å². The van der Waals surface area contributed by atoms with E-state index in [0.29, 0.717) is 6.04 Å². The van der Waals surface area contributed by atoms with Gasteiger partial charge in [0.1, 0.15) is 5.75 Å². The van der Waals surface area contributed by atoms with Crippen LogP contribution in [-0.4, -0.2) is 13.2 Å². The molecule has 14 heavy (non-hydrogen) atoms. The fourth-order valence-corrected chi connectivity index (χ4v) is 1.63. The average molecular weight is 189 g/mol. The van der Waals surface area contributed by atoms with Crippen LogP contribution >= 0.6 is 0 Å². The van der Waals surface area contributed by atoms with Crippen LogP contribution in [0.2, 0.25) is 0 Å². The molecule has 0 fully saturated rings. The minimum atomic E-state index is 0.380. The summed E-state index contributed by atoms with van der Waals surface area (Å²) in [6.45, 7) is 3.69. The third-order valence-electron chi connectivity index (χ3n) is 2.33. The van der Waals surface area contributed by atoms with E-state index in [9.17, 15) is 0 Å². The van der Waals surface area contributed by atoms with Crippen LogP contribution in [0.1, 0.15) is 18.5 Å². The van der Waals surface area contributed by atoms with Gasteiger partial charge in [0.2, 0.25) is 0 Å². The van der Waals surface area contributed by atoms with Gasteiger partial charge in [-0.25, -0.2) is 0 Å². The minimum absolute atomic E-state index is 0.380. The van der Waals surface area contributed by atoms with Crippen LogP contribution in [0.5, 0.6) is 5.75 Å². The molecule has 1 aliphatic rings. The largest absolute Gasteiger partial charge is 0.494 e. The Morgan fingerprint density at radius 2 is 2.14 bits per heavy atom. The normalized spacial score (nSPS) is 19.9. The molecule has 74 valence electrons. The SMILES string of the molecule is CCOc1ccc(C2C=CCN2)cc1. The van der Waals surface area contributed by atoms with Gasteiger partial charge in [0.05, 0.1) is 12.6 Å². The first-order valence-corrected chi connectivity index (χ1v) is 5.03. The van der Waals surface area contributed by atoms with Gasteiger partial charge in [-0.15, -0.1) is 0 Å². The summed E-state index contributed by atoms with van der Waals surface area (Å²) in [5, 5.41) is 3.37. The Kier molecular flexibility index (Phi) is 2.84. The molecule has 1 aliphatic heterocycles. The zero-order valence-corrected chi connectivity index (χ0v) is 8.36. The highest BCUT2D eigenvalue weighted by Gasteiger charge is 2.09. The lowest BCUT2D eigenvalue weighted by atomic mass is 10.1. The van der Waals surface area contributed by atoms with E-state index in [1.54, 1.807) is 0 Å². The number of ether oxygens (including phenoxy) is 1. The Bertz CT molecular complexity index is 316. The molecule has 2 heteroatoms. The second-order valence-electron chi connectivity index (χ2n) is 3.32. The van der Waals surface area contributed by atoms with Crippen molar-refractivity contribution in [3.8, 4) is 5.75 Å². The van der Waals surface area contributed by atoms with Crippen LogP contribution in [0.25, 0.3) is 0 Å². The molecule has 1 heterocycles. The summed E-state index contributed by atoms with van der Waals surface area (Å²) in [4.78, 5) is 0. The molecular weight excluding hydrogens is 174 g/mol.